The maximum absolute atomic E-state index is 12.6. The van der Waals surface area contributed by atoms with Crippen LogP contribution in [-0.2, 0) is 9.53 Å². The van der Waals surface area contributed by atoms with Gasteiger partial charge >= 0.3 is 6.09 Å². The van der Waals surface area contributed by atoms with E-state index >= 15 is 0 Å². The van der Waals surface area contributed by atoms with Gasteiger partial charge < -0.3 is 14.5 Å². The first-order valence-electron chi connectivity index (χ1n) is 8.47. The van der Waals surface area contributed by atoms with Gasteiger partial charge in [0.25, 0.3) is 0 Å². The molecule has 22 heavy (non-hydrogen) atoms. The molecule has 2 heterocycles. The molecule has 0 aromatic heterocycles. The Morgan fingerprint density at radius 2 is 1.64 bits per heavy atom. The summed E-state index contributed by atoms with van der Waals surface area (Å²) in [7, 11) is 0. The number of hydrogen-bond donors (Lipinski definition) is 0. The second-order valence-corrected chi connectivity index (χ2v) is 6.41. The lowest BCUT2D eigenvalue weighted by Crippen LogP contribution is -2.56. The molecule has 0 bridgehead atoms. The van der Waals surface area contributed by atoms with Gasteiger partial charge in [-0.15, -0.1) is 0 Å². The molecule has 2 aliphatic heterocycles. The third-order valence-electron chi connectivity index (χ3n) is 4.84. The van der Waals surface area contributed by atoms with Gasteiger partial charge in [-0.25, -0.2) is 4.79 Å². The molecule has 2 fully saturated rings. The van der Waals surface area contributed by atoms with E-state index in [1.807, 2.05) is 18.7 Å². The highest BCUT2D eigenvalue weighted by atomic mass is 16.6. The summed E-state index contributed by atoms with van der Waals surface area (Å²) < 4.78 is 5.02. The van der Waals surface area contributed by atoms with Gasteiger partial charge in [0.15, 0.2) is 0 Å². The maximum Gasteiger partial charge on any atom is 0.409 e. The molecule has 6 heteroatoms. The number of hydrogen-bond acceptors (Lipinski definition) is 4. The van der Waals surface area contributed by atoms with Gasteiger partial charge in [-0.2, -0.15) is 0 Å². The van der Waals surface area contributed by atoms with E-state index in [-0.39, 0.29) is 18.0 Å². The molecule has 0 saturated carbocycles. The summed E-state index contributed by atoms with van der Waals surface area (Å²) >= 11 is 0. The predicted molar refractivity (Wildman–Crippen MR) is 84.6 cm³/mol. The molecule has 6 nitrogen and oxygen atoms in total. The minimum Gasteiger partial charge on any atom is -0.450 e. The van der Waals surface area contributed by atoms with E-state index in [9.17, 15) is 9.59 Å². The van der Waals surface area contributed by atoms with Crippen LogP contribution in [0.25, 0.3) is 0 Å². The standard InChI is InChI=1S/C16H29N3O3/c1-4-22-16(21)19-11-9-17(10-12-19)14(3)15(20)18-7-5-13(2)6-8-18/h13-14H,4-12H2,1-3H3. The number of likely N-dealkylation sites (tertiary alicyclic amines) is 1. The second kappa shape index (κ2) is 7.81. The first-order valence-corrected chi connectivity index (χ1v) is 8.47. The quantitative estimate of drug-likeness (QED) is 0.791. The van der Waals surface area contributed by atoms with Crippen LogP contribution in [0.2, 0.25) is 0 Å². The summed E-state index contributed by atoms with van der Waals surface area (Å²) in [4.78, 5) is 30.2. The van der Waals surface area contributed by atoms with Crippen LogP contribution >= 0.6 is 0 Å². The summed E-state index contributed by atoms with van der Waals surface area (Å²) in [5.41, 5.74) is 0. The summed E-state index contributed by atoms with van der Waals surface area (Å²) in [5.74, 6) is 0.962. The van der Waals surface area contributed by atoms with E-state index in [4.69, 9.17) is 4.74 Å². The van der Waals surface area contributed by atoms with Crippen LogP contribution in [0.3, 0.4) is 0 Å². The first kappa shape index (κ1) is 17.1. The van der Waals surface area contributed by atoms with Crippen LogP contribution in [0.15, 0.2) is 0 Å². The fraction of sp³-hybridized carbons (Fsp3) is 0.875. The summed E-state index contributed by atoms with van der Waals surface area (Å²) in [6.07, 6.45) is 1.97. The van der Waals surface area contributed by atoms with Gasteiger partial charge in [0, 0.05) is 39.3 Å². The Labute approximate surface area is 133 Å². The van der Waals surface area contributed by atoms with Crippen LogP contribution in [0, 0.1) is 5.92 Å². The third-order valence-corrected chi connectivity index (χ3v) is 4.84. The first-order chi connectivity index (χ1) is 10.5. The molecule has 2 amide bonds. The fourth-order valence-corrected chi connectivity index (χ4v) is 3.16. The third kappa shape index (κ3) is 4.12. The summed E-state index contributed by atoms with van der Waals surface area (Å²) in [6.45, 7) is 10.9. The molecule has 0 N–H and O–H groups in total. The van der Waals surface area contributed by atoms with Crippen LogP contribution in [0.1, 0.15) is 33.6 Å². The Hall–Kier alpha value is -1.30. The van der Waals surface area contributed by atoms with Crippen LogP contribution in [0.4, 0.5) is 4.79 Å². The smallest absolute Gasteiger partial charge is 0.409 e. The van der Waals surface area contributed by atoms with Crippen molar-refractivity contribution in [3.63, 3.8) is 0 Å². The molecule has 0 radical (unpaired) electrons. The molecule has 2 aliphatic rings. The van der Waals surface area contributed by atoms with Crippen molar-refractivity contribution in [2.24, 2.45) is 5.92 Å². The lowest BCUT2D eigenvalue weighted by molar-refractivity contribution is -0.138. The van der Waals surface area contributed by atoms with E-state index in [2.05, 4.69) is 11.8 Å². The Morgan fingerprint density at radius 3 is 2.18 bits per heavy atom. The zero-order valence-electron chi connectivity index (χ0n) is 14.1. The molecule has 0 aliphatic carbocycles. The largest absolute Gasteiger partial charge is 0.450 e. The van der Waals surface area contributed by atoms with Gasteiger partial charge in [-0.05, 0) is 32.6 Å². The molecule has 0 spiro atoms. The fourth-order valence-electron chi connectivity index (χ4n) is 3.16. The number of piperazine rings is 1. The van der Waals surface area contributed by atoms with E-state index in [0.29, 0.717) is 19.7 Å². The van der Waals surface area contributed by atoms with Crippen LogP contribution < -0.4 is 0 Å². The van der Waals surface area contributed by atoms with Gasteiger partial charge in [0.2, 0.25) is 5.91 Å². The molecule has 0 aromatic rings. The highest BCUT2D eigenvalue weighted by Gasteiger charge is 2.31. The average molecular weight is 311 g/mol. The Balaban J connectivity index is 1.80. The molecule has 2 saturated heterocycles. The highest BCUT2D eigenvalue weighted by molar-refractivity contribution is 5.81. The molecule has 1 atom stereocenters. The van der Waals surface area contributed by atoms with Crippen LogP contribution in [-0.4, -0.2) is 78.6 Å². The van der Waals surface area contributed by atoms with Crippen molar-refractivity contribution in [3.8, 4) is 0 Å². The topological polar surface area (TPSA) is 53.1 Å². The van der Waals surface area contributed by atoms with E-state index in [1.165, 1.54) is 0 Å². The van der Waals surface area contributed by atoms with Crippen molar-refractivity contribution in [2.75, 3.05) is 45.9 Å². The molecule has 1 unspecified atom stereocenters. The van der Waals surface area contributed by atoms with Gasteiger partial charge in [0.05, 0.1) is 12.6 Å². The molecular weight excluding hydrogens is 282 g/mol. The number of rotatable bonds is 3. The minimum atomic E-state index is -0.244. The van der Waals surface area contributed by atoms with Crippen molar-refractivity contribution in [1.82, 2.24) is 14.7 Å². The van der Waals surface area contributed by atoms with Crippen LogP contribution in [0.5, 0.6) is 0 Å². The zero-order chi connectivity index (χ0) is 16.1. The number of piperidine rings is 1. The monoisotopic (exact) mass is 311 g/mol. The molecule has 0 aromatic carbocycles. The molecular formula is C16H29N3O3. The normalized spacial score (nSPS) is 22.5. The van der Waals surface area contributed by atoms with Crippen molar-refractivity contribution in [2.45, 2.75) is 39.7 Å². The highest BCUT2D eigenvalue weighted by Crippen LogP contribution is 2.18. The minimum absolute atomic E-state index is 0.0993. The maximum atomic E-state index is 12.6. The molecule has 2 rings (SSSR count). The van der Waals surface area contributed by atoms with Gasteiger partial charge in [0.1, 0.15) is 0 Å². The van der Waals surface area contributed by atoms with E-state index in [0.717, 1.165) is 44.9 Å². The lowest BCUT2D eigenvalue weighted by Gasteiger charge is -2.39. The molecule has 126 valence electrons. The zero-order valence-corrected chi connectivity index (χ0v) is 14.1. The van der Waals surface area contributed by atoms with Crippen molar-refractivity contribution < 1.29 is 14.3 Å². The SMILES string of the molecule is CCOC(=O)N1CCN(C(C)C(=O)N2CCC(C)CC2)CC1. The number of ether oxygens (including phenoxy) is 1. The Kier molecular flexibility index (Phi) is 6.06. The Bertz CT molecular complexity index is 386. The Morgan fingerprint density at radius 1 is 1.05 bits per heavy atom. The van der Waals surface area contributed by atoms with E-state index < -0.39 is 0 Å². The van der Waals surface area contributed by atoms with E-state index in [1.54, 1.807) is 4.90 Å². The summed E-state index contributed by atoms with van der Waals surface area (Å²) in [5, 5.41) is 0. The predicted octanol–water partition coefficient (Wildman–Crippen LogP) is 1.41. The number of amides is 2. The number of nitrogens with zero attached hydrogens (tertiary/aromatic N) is 3. The van der Waals surface area contributed by atoms with Gasteiger partial charge in [-0.3, -0.25) is 9.69 Å². The second-order valence-electron chi connectivity index (χ2n) is 6.41. The van der Waals surface area contributed by atoms with Gasteiger partial charge in [-0.1, -0.05) is 6.92 Å². The average Bonchev–Trinajstić information content (AvgIpc) is 2.54. The van der Waals surface area contributed by atoms with Crippen molar-refractivity contribution in [3.05, 3.63) is 0 Å². The van der Waals surface area contributed by atoms with Crippen molar-refractivity contribution >= 4 is 12.0 Å². The number of carbonyl (C=O) groups is 2. The van der Waals surface area contributed by atoms with Crippen molar-refractivity contribution in [1.29, 1.82) is 0 Å². The lowest BCUT2D eigenvalue weighted by atomic mass is 9.98. The summed E-state index contributed by atoms with van der Waals surface area (Å²) in [6, 6.07) is -0.0993. The number of carbonyl (C=O) groups excluding carboxylic acids is 2.